The smallest absolute Gasteiger partial charge is 0.255 e. The Labute approximate surface area is 236 Å². The minimum atomic E-state index is -0.591. The molecule has 0 unspecified atom stereocenters. The maximum atomic E-state index is 13.6. The molecule has 1 aliphatic heterocycles. The normalized spacial score (nSPS) is 12.8. The number of nitrogens with zero attached hydrogens (tertiary/aromatic N) is 1. The van der Waals surface area contributed by atoms with Gasteiger partial charge in [-0.1, -0.05) is 12.1 Å². The molecular formula is C32H29F2N3O4. The van der Waals surface area contributed by atoms with Gasteiger partial charge in [0.25, 0.3) is 11.8 Å². The van der Waals surface area contributed by atoms with Crippen LogP contribution in [0, 0.1) is 11.6 Å². The number of methoxy groups -OCH3 is 2. The van der Waals surface area contributed by atoms with Gasteiger partial charge in [0.05, 0.1) is 14.2 Å². The first-order chi connectivity index (χ1) is 19.8. The Morgan fingerprint density at radius 2 is 1.44 bits per heavy atom. The summed E-state index contributed by atoms with van der Waals surface area (Å²) >= 11 is 0. The lowest BCUT2D eigenvalue weighted by molar-refractivity contribution is 0.101. The zero-order valence-corrected chi connectivity index (χ0v) is 22.7. The highest BCUT2D eigenvalue weighted by molar-refractivity contribution is 6.07. The summed E-state index contributed by atoms with van der Waals surface area (Å²) in [5.41, 5.74) is 4.64. The molecule has 0 spiro atoms. The number of nitrogens with one attached hydrogen (secondary N) is 2. The molecule has 2 N–H and O–H groups in total. The molecule has 0 aliphatic carbocycles. The minimum absolute atomic E-state index is 0.324. The van der Waals surface area contributed by atoms with E-state index in [-0.39, 0.29) is 11.8 Å². The Morgan fingerprint density at radius 1 is 0.756 bits per heavy atom. The molecule has 9 heteroatoms. The molecule has 0 aromatic heterocycles. The monoisotopic (exact) mass is 557 g/mol. The first kappa shape index (κ1) is 27.8. The van der Waals surface area contributed by atoms with Crippen LogP contribution in [0.4, 0.5) is 20.2 Å². The number of carbonyl (C=O) groups is 2. The minimum Gasteiger partial charge on any atom is -0.493 e. The molecule has 4 aromatic carbocycles. The van der Waals surface area contributed by atoms with Crippen molar-refractivity contribution in [2.45, 2.75) is 19.5 Å². The summed E-state index contributed by atoms with van der Waals surface area (Å²) in [6, 6.07) is 20.9. The van der Waals surface area contributed by atoms with Crippen LogP contribution in [0.5, 0.6) is 11.5 Å². The van der Waals surface area contributed by atoms with Crippen LogP contribution in [0.15, 0.2) is 78.9 Å². The zero-order valence-electron chi connectivity index (χ0n) is 22.7. The zero-order chi connectivity index (χ0) is 28.9. The summed E-state index contributed by atoms with van der Waals surface area (Å²) in [6.45, 7) is 1.78. The van der Waals surface area contributed by atoms with Crippen LogP contribution in [0.25, 0.3) is 0 Å². The van der Waals surface area contributed by atoms with E-state index in [1.807, 2.05) is 18.2 Å². The van der Waals surface area contributed by atoms with E-state index in [9.17, 15) is 18.4 Å². The van der Waals surface area contributed by atoms with Crippen molar-refractivity contribution in [1.29, 1.82) is 0 Å². The van der Waals surface area contributed by atoms with Gasteiger partial charge in [-0.2, -0.15) is 0 Å². The molecule has 2 amide bonds. The quantitative estimate of drug-likeness (QED) is 0.276. The highest BCUT2D eigenvalue weighted by Crippen LogP contribution is 2.28. The first-order valence-corrected chi connectivity index (χ1v) is 13.0. The van der Waals surface area contributed by atoms with Gasteiger partial charge in [0.15, 0.2) is 11.5 Å². The van der Waals surface area contributed by atoms with E-state index in [0.29, 0.717) is 52.7 Å². The fourth-order valence-corrected chi connectivity index (χ4v) is 4.91. The predicted octanol–water partition coefficient (Wildman–Crippen LogP) is 6.04. The molecule has 0 atom stereocenters. The molecule has 41 heavy (non-hydrogen) atoms. The second kappa shape index (κ2) is 12.2. The maximum Gasteiger partial charge on any atom is 0.255 e. The molecule has 0 saturated carbocycles. The Balaban J connectivity index is 1.24. The topological polar surface area (TPSA) is 79.9 Å². The average Bonchev–Trinajstić information content (AvgIpc) is 2.96. The lowest BCUT2D eigenvalue weighted by Crippen LogP contribution is -2.30. The fourth-order valence-electron chi connectivity index (χ4n) is 4.91. The molecule has 0 bridgehead atoms. The SMILES string of the molecule is COc1ccc(C(=O)Nc2cccc(C(=O)Nc3ccc4c(c3)CN(Cc3cc(F)cc(F)c3)CC4)c2)cc1OC. The van der Waals surface area contributed by atoms with E-state index < -0.39 is 11.6 Å². The lowest BCUT2D eigenvalue weighted by Gasteiger charge is -2.29. The number of carbonyl (C=O) groups excluding carboxylic acids is 2. The van der Waals surface area contributed by atoms with E-state index in [0.717, 1.165) is 24.6 Å². The van der Waals surface area contributed by atoms with Crippen molar-refractivity contribution >= 4 is 23.2 Å². The first-order valence-electron chi connectivity index (χ1n) is 13.0. The van der Waals surface area contributed by atoms with Gasteiger partial charge < -0.3 is 20.1 Å². The fraction of sp³-hybridized carbons (Fsp3) is 0.188. The van der Waals surface area contributed by atoms with Gasteiger partial charge in [-0.3, -0.25) is 14.5 Å². The number of rotatable bonds is 8. The van der Waals surface area contributed by atoms with Crippen LogP contribution in [-0.2, 0) is 19.5 Å². The number of anilines is 2. The van der Waals surface area contributed by atoms with Crippen molar-refractivity contribution in [3.8, 4) is 11.5 Å². The predicted molar refractivity (Wildman–Crippen MR) is 153 cm³/mol. The second-order valence-electron chi connectivity index (χ2n) is 9.78. The van der Waals surface area contributed by atoms with Gasteiger partial charge in [0.2, 0.25) is 0 Å². The molecule has 7 nitrogen and oxygen atoms in total. The van der Waals surface area contributed by atoms with Crippen molar-refractivity contribution in [3.05, 3.63) is 118 Å². The third-order valence-corrected chi connectivity index (χ3v) is 6.91. The van der Waals surface area contributed by atoms with Crippen LogP contribution in [0.2, 0.25) is 0 Å². The van der Waals surface area contributed by atoms with Gasteiger partial charge >= 0.3 is 0 Å². The van der Waals surface area contributed by atoms with E-state index in [4.69, 9.17) is 9.47 Å². The molecule has 1 heterocycles. The Morgan fingerprint density at radius 3 is 2.15 bits per heavy atom. The standard InChI is InChI=1S/C32H29F2N3O4/c1-40-29-9-7-23(16-30(29)41-2)32(39)35-27-5-3-4-22(14-27)31(38)36-28-8-6-21-10-11-37(19-24(21)15-28)18-20-12-25(33)17-26(34)13-20/h3-9,12-17H,10-11,18-19H2,1-2H3,(H,35,39)(H,36,38). The van der Waals surface area contributed by atoms with Gasteiger partial charge in [-0.25, -0.2) is 8.78 Å². The Kier molecular flexibility index (Phi) is 8.26. The summed E-state index contributed by atoms with van der Waals surface area (Å²) in [6.07, 6.45) is 0.795. The number of amides is 2. The van der Waals surface area contributed by atoms with Gasteiger partial charge in [-0.05, 0) is 83.8 Å². The molecule has 0 fully saturated rings. The van der Waals surface area contributed by atoms with Crippen molar-refractivity contribution in [2.24, 2.45) is 0 Å². The summed E-state index contributed by atoms with van der Waals surface area (Å²) in [5.74, 6) is -0.915. The van der Waals surface area contributed by atoms with Crippen LogP contribution in [0.1, 0.15) is 37.4 Å². The van der Waals surface area contributed by atoms with Crippen molar-refractivity contribution in [1.82, 2.24) is 4.90 Å². The van der Waals surface area contributed by atoms with Crippen molar-refractivity contribution < 1.29 is 27.8 Å². The molecule has 1 aliphatic rings. The van der Waals surface area contributed by atoms with Crippen molar-refractivity contribution in [3.63, 3.8) is 0 Å². The van der Waals surface area contributed by atoms with Crippen LogP contribution in [-0.4, -0.2) is 37.5 Å². The maximum absolute atomic E-state index is 13.6. The number of benzene rings is 4. The summed E-state index contributed by atoms with van der Waals surface area (Å²) in [4.78, 5) is 28.0. The van der Waals surface area contributed by atoms with Gasteiger partial charge in [0, 0.05) is 48.2 Å². The number of ether oxygens (including phenoxy) is 2. The van der Waals surface area contributed by atoms with E-state index >= 15 is 0 Å². The summed E-state index contributed by atoms with van der Waals surface area (Å²) in [7, 11) is 3.01. The number of hydrogen-bond donors (Lipinski definition) is 2. The third kappa shape index (κ3) is 6.70. The summed E-state index contributed by atoms with van der Waals surface area (Å²) in [5, 5.41) is 5.74. The second-order valence-corrected chi connectivity index (χ2v) is 9.78. The molecule has 4 aromatic rings. The van der Waals surface area contributed by atoms with Crippen LogP contribution in [0.3, 0.4) is 0 Å². The molecule has 0 saturated heterocycles. The molecular weight excluding hydrogens is 528 g/mol. The largest absolute Gasteiger partial charge is 0.493 e. The highest BCUT2D eigenvalue weighted by atomic mass is 19.1. The Hall–Kier alpha value is -4.76. The molecule has 210 valence electrons. The van der Waals surface area contributed by atoms with E-state index in [1.54, 1.807) is 42.5 Å². The summed E-state index contributed by atoms with van der Waals surface area (Å²) < 4.78 is 37.7. The molecule has 5 rings (SSSR count). The highest BCUT2D eigenvalue weighted by Gasteiger charge is 2.18. The molecule has 0 radical (unpaired) electrons. The number of fused-ring (bicyclic) bond motifs is 1. The lowest BCUT2D eigenvalue weighted by atomic mass is 9.98. The van der Waals surface area contributed by atoms with E-state index in [1.165, 1.54) is 31.9 Å². The van der Waals surface area contributed by atoms with Crippen molar-refractivity contribution in [2.75, 3.05) is 31.4 Å². The van der Waals surface area contributed by atoms with Gasteiger partial charge in [-0.15, -0.1) is 0 Å². The van der Waals surface area contributed by atoms with Crippen LogP contribution >= 0.6 is 0 Å². The average molecular weight is 558 g/mol. The third-order valence-electron chi connectivity index (χ3n) is 6.91. The number of hydrogen-bond acceptors (Lipinski definition) is 5. The number of halogens is 2. The van der Waals surface area contributed by atoms with E-state index in [2.05, 4.69) is 15.5 Å². The Bertz CT molecular complexity index is 1590. The van der Waals surface area contributed by atoms with Crippen LogP contribution < -0.4 is 20.1 Å². The van der Waals surface area contributed by atoms with Gasteiger partial charge in [0.1, 0.15) is 11.6 Å².